The highest BCUT2D eigenvalue weighted by Crippen LogP contribution is 2.35. The van der Waals surface area contributed by atoms with E-state index in [2.05, 4.69) is 20.6 Å². The van der Waals surface area contributed by atoms with Crippen LogP contribution in [-0.2, 0) is 26.8 Å². The van der Waals surface area contributed by atoms with Crippen molar-refractivity contribution in [2.75, 3.05) is 18.5 Å². The lowest BCUT2D eigenvalue weighted by Crippen LogP contribution is -2.15. The maximum atomic E-state index is 13.9. The van der Waals surface area contributed by atoms with E-state index in [1.807, 2.05) is 44.2 Å². The number of ether oxygens (including phenoxy) is 1. The van der Waals surface area contributed by atoms with E-state index in [0.717, 1.165) is 45.7 Å². The van der Waals surface area contributed by atoms with Crippen LogP contribution >= 0.6 is 11.6 Å². The van der Waals surface area contributed by atoms with Crippen LogP contribution in [0.25, 0.3) is 22.2 Å². The summed E-state index contributed by atoms with van der Waals surface area (Å²) in [6.07, 6.45) is 2.19. The van der Waals surface area contributed by atoms with E-state index >= 15 is 0 Å². The van der Waals surface area contributed by atoms with Crippen LogP contribution in [0.2, 0.25) is 5.02 Å². The zero-order valence-corrected chi connectivity index (χ0v) is 34.1. The minimum absolute atomic E-state index is 0.0666. The summed E-state index contributed by atoms with van der Waals surface area (Å²) in [5.74, 6) is 2.11. The van der Waals surface area contributed by atoms with Crippen LogP contribution in [0.15, 0.2) is 142 Å². The number of nitrogens with one attached hydrogen (secondary N) is 2. The molecule has 0 atom stereocenters. The summed E-state index contributed by atoms with van der Waals surface area (Å²) in [6.45, 7) is 5.14. The van der Waals surface area contributed by atoms with Gasteiger partial charge in [-0.05, 0) is 112 Å². The van der Waals surface area contributed by atoms with E-state index in [1.54, 1.807) is 54.6 Å². The largest absolute Gasteiger partial charge is 0.460 e. The smallest absolute Gasteiger partial charge is 0.294 e. The first-order valence-electron chi connectivity index (χ1n) is 17.8. The highest BCUT2D eigenvalue weighted by molar-refractivity contribution is 7.86. The number of para-hydroxylation sites is 1. The molecule has 0 aliphatic rings. The van der Waals surface area contributed by atoms with Crippen LogP contribution in [0.5, 0.6) is 11.5 Å². The average Bonchev–Trinajstić information content (AvgIpc) is 3.68. The molecular formula is C42H40ClFN4O9S2. The van der Waals surface area contributed by atoms with Crippen molar-refractivity contribution in [3.8, 4) is 22.8 Å². The van der Waals surface area contributed by atoms with Crippen molar-refractivity contribution in [1.82, 2.24) is 15.3 Å². The third-order valence-electron chi connectivity index (χ3n) is 8.28. The van der Waals surface area contributed by atoms with E-state index in [4.69, 9.17) is 35.0 Å². The molecular weight excluding hydrogens is 823 g/mol. The molecule has 0 saturated heterocycles. The molecule has 59 heavy (non-hydrogen) atoms. The van der Waals surface area contributed by atoms with Gasteiger partial charge in [0.1, 0.15) is 29.4 Å². The third kappa shape index (κ3) is 13.1. The van der Waals surface area contributed by atoms with E-state index in [1.165, 1.54) is 42.7 Å². The van der Waals surface area contributed by atoms with Gasteiger partial charge in [-0.2, -0.15) is 16.8 Å². The third-order valence-corrected chi connectivity index (χ3v) is 10.3. The molecule has 0 radical (unpaired) electrons. The molecule has 0 aliphatic carbocycles. The maximum absolute atomic E-state index is 13.9. The Bertz CT molecular complexity index is 2640. The number of aromatic nitrogens is 2. The lowest BCUT2D eigenvalue weighted by atomic mass is 10.1. The predicted octanol–water partition coefficient (Wildman–Crippen LogP) is 9.17. The quantitative estimate of drug-likeness (QED) is 0.0576. The number of benzene rings is 5. The van der Waals surface area contributed by atoms with Crippen LogP contribution in [0.1, 0.15) is 23.3 Å². The highest BCUT2D eigenvalue weighted by Gasteiger charge is 2.13. The molecule has 308 valence electrons. The fraction of sp³-hybridized carbons (Fsp3) is 0.143. The van der Waals surface area contributed by atoms with Crippen molar-refractivity contribution >= 4 is 54.2 Å². The molecule has 0 aliphatic heterocycles. The molecule has 7 rings (SSSR count). The summed E-state index contributed by atoms with van der Waals surface area (Å²) in [6, 6.07) is 33.0. The van der Waals surface area contributed by atoms with Crippen molar-refractivity contribution < 1.29 is 44.6 Å². The first kappa shape index (κ1) is 44.4. The van der Waals surface area contributed by atoms with Crippen molar-refractivity contribution in [3.63, 3.8) is 0 Å². The van der Waals surface area contributed by atoms with Gasteiger partial charge in [-0.3, -0.25) is 9.11 Å². The van der Waals surface area contributed by atoms with Gasteiger partial charge < -0.3 is 24.9 Å². The summed E-state index contributed by atoms with van der Waals surface area (Å²) < 4.78 is 84.7. The number of aliphatic hydroxyl groups excluding tert-OH is 1. The Hall–Kier alpha value is -5.72. The molecule has 0 saturated carbocycles. The second-order valence-electron chi connectivity index (χ2n) is 12.9. The second kappa shape index (κ2) is 20.3. The topological polar surface area (TPSA) is 201 Å². The number of aliphatic hydroxyl groups is 1. The SMILES string of the molecule is Cc1ccc(S(=O)(=O)O)cc1.Cc1ccc(S(=O)(=O)O)cc1.OCCCNCc1ccc(-c2ccc3ncnc(Nc4ccc(Oc5ccccc5F)c(Cl)c4)c3c2)o1. The Balaban J connectivity index is 0.000000244. The minimum Gasteiger partial charge on any atom is -0.460 e. The number of halogens is 2. The number of fused-ring (bicyclic) bond motifs is 1. The first-order valence-corrected chi connectivity index (χ1v) is 21.1. The number of hydrogen-bond acceptors (Lipinski definition) is 11. The van der Waals surface area contributed by atoms with Gasteiger partial charge in [0.15, 0.2) is 11.6 Å². The first-order chi connectivity index (χ1) is 28.1. The van der Waals surface area contributed by atoms with E-state index in [9.17, 15) is 21.2 Å². The number of nitrogens with zero attached hydrogens (tertiary/aromatic N) is 2. The standard InChI is InChI=1S/C28H24ClFN4O3.2C7H8O3S/c29-22-15-19(7-10-26(22)37-27-5-2-1-4-23(27)30)34-28-21-14-18(6-9-24(21)32-17-33-28)25-11-8-20(36-25)16-31-12-3-13-35;2*1-6-2-4-7(5-3-6)11(8,9)10/h1-2,4-11,14-15,17,31,35H,3,12-13,16H2,(H,32,33,34);2*2-5H,1H3,(H,8,9,10). The molecule has 0 fully saturated rings. The van der Waals surface area contributed by atoms with Crippen molar-refractivity contribution in [2.24, 2.45) is 0 Å². The van der Waals surface area contributed by atoms with Crippen LogP contribution in [0.3, 0.4) is 0 Å². The molecule has 0 unspecified atom stereocenters. The van der Waals surface area contributed by atoms with Crippen LogP contribution in [-0.4, -0.2) is 54.2 Å². The van der Waals surface area contributed by atoms with Crippen molar-refractivity contribution in [3.05, 3.63) is 155 Å². The average molecular weight is 863 g/mol. The number of anilines is 2. The Morgan fingerprint density at radius 2 is 1.41 bits per heavy atom. The van der Waals surface area contributed by atoms with Gasteiger partial charge in [-0.15, -0.1) is 0 Å². The second-order valence-corrected chi connectivity index (χ2v) is 16.1. The minimum atomic E-state index is -4.02. The Labute approximate surface area is 346 Å². The van der Waals surface area contributed by atoms with Gasteiger partial charge in [-0.25, -0.2) is 14.4 Å². The van der Waals surface area contributed by atoms with E-state index < -0.39 is 26.1 Å². The zero-order valence-electron chi connectivity index (χ0n) is 31.7. The van der Waals surface area contributed by atoms with E-state index in [0.29, 0.717) is 35.2 Å². The van der Waals surface area contributed by atoms with E-state index in [-0.39, 0.29) is 22.1 Å². The lowest BCUT2D eigenvalue weighted by molar-refractivity contribution is 0.285. The number of aryl methyl sites for hydroxylation is 2. The molecule has 7 aromatic rings. The molecule has 0 bridgehead atoms. The predicted molar refractivity (Wildman–Crippen MR) is 224 cm³/mol. The summed E-state index contributed by atoms with van der Waals surface area (Å²) >= 11 is 6.43. The number of hydrogen-bond donors (Lipinski definition) is 5. The summed E-state index contributed by atoms with van der Waals surface area (Å²) in [5, 5.41) is 16.6. The lowest BCUT2D eigenvalue weighted by Gasteiger charge is -2.12. The van der Waals surface area contributed by atoms with Crippen LogP contribution < -0.4 is 15.4 Å². The molecule has 5 N–H and O–H groups in total. The highest BCUT2D eigenvalue weighted by atomic mass is 35.5. The Morgan fingerprint density at radius 1 is 0.763 bits per heavy atom. The molecule has 2 heterocycles. The van der Waals surface area contributed by atoms with Gasteiger partial charge in [0.05, 0.1) is 26.9 Å². The fourth-order valence-corrected chi connectivity index (χ4v) is 6.40. The molecule has 2 aromatic heterocycles. The maximum Gasteiger partial charge on any atom is 0.294 e. The van der Waals surface area contributed by atoms with Gasteiger partial charge in [0.2, 0.25) is 0 Å². The molecule has 13 nitrogen and oxygen atoms in total. The fourth-order valence-electron chi connectivity index (χ4n) is 5.22. The molecule has 5 aromatic carbocycles. The summed E-state index contributed by atoms with van der Waals surface area (Å²) in [5.41, 5.74) is 4.25. The molecule has 17 heteroatoms. The number of furan rings is 1. The number of rotatable bonds is 12. The summed E-state index contributed by atoms with van der Waals surface area (Å²) in [7, 11) is -8.04. The van der Waals surface area contributed by atoms with Crippen LogP contribution in [0.4, 0.5) is 15.9 Å². The molecule has 0 amide bonds. The normalized spacial score (nSPS) is 11.2. The van der Waals surface area contributed by atoms with Gasteiger partial charge >= 0.3 is 0 Å². The summed E-state index contributed by atoms with van der Waals surface area (Å²) in [4.78, 5) is 8.67. The van der Waals surface area contributed by atoms with Crippen molar-refractivity contribution in [2.45, 2.75) is 36.6 Å². The van der Waals surface area contributed by atoms with Gasteiger partial charge in [0.25, 0.3) is 20.2 Å². The van der Waals surface area contributed by atoms with Gasteiger partial charge in [-0.1, -0.05) is 59.1 Å². The molecule has 0 spiro atoms. The monoisotopic (exact) mass is 862 g/mol. The van der Waals surface area contributed by atoms with Crippen molar-refractivity contribution in [1.29, 1.82) is 0 Å². The zero-order chi connectivity index (χ0) is 42.6. The van der Waals surface area contributed by atoms with Gasteiger partial charge in [0, 0.05) is 23.2 Å². The van der Waals surface area contributed by atoms with Crippen LogP contribution in [0, 0.1) is 19.7 Å². The Morgan fingerprint density at radius 3 is 2.00 bits per heavy atom. The Kier molecular flexibility index (Phi) is 15.3.